The second kappa shape index (κ2) is 10.4. The summed E-state index contributed by atoms with van der Waals surface area (Å²) < 4.78 is 36.0. The number of nitrogens with two attached hydrogens (primary N) is 1. The molecule has 1 aromatic carbocycles. The smallest absolute Gasteiger partial charge is 0.255 e. The highest BCUT2D eigenvalue weighted by molar-refractivity contribution is 7.88. The molecule has 0 aromatic heterocycles. The van der Waals surface area contributed by atoms with E-state index in [4.69, 9.17) is 26.8 Å². The maximum absolute atomic E-state index is 12.6. The summed E-state index contributed by atoms with van der Waals surface area (Å²) in [7, 11) is -1.63. The lowest BCUT2D eigenvalue weighted by Gasteiger charge is -2.37. The van der Waals surface area contributed by atoms with Crippen LogP contribution >= 0.6 is 11.6 Å². The van der Waals surface area contributed by atoms with Gasteiger partial charge in [-0.1, -0.05) is 11.6 Å². The standard InChI is InChI=1S/C20H31ClN4O5S/c1-29-19-10-18(22)17(21)9-16(19)20(26)23-11-15-13-24(7-8-30-15)12-14-3-5-25(6-4-14)31(2,27)28/h9-10,14-15H,3-8,11-13,22H2,1-2H3,(H,23,26). The molecule has 3 rings (SSSR count). The highest BCUT2D eigenvalue weighted by Gasteiger charge is 2.28. The van der Waals surface area contributed by atoms with Gasteiger partial charge in [0.05, 0.1) is 42.3 Å². The van der Waals surface area contributed by atoms with E-state index in [1.807, 2.05) is 0 Å². The van der Waals surface area contributed by atoms with Gasteiger partial charge in [-0.2, -0.15) is 0 Å². The summed E-state index contributed by atoms with van der Waals surface area (Å²) in [6, 6.07) is 3.03. The molecule has 2 saturated heterocycles. The molecule has 1 aromatic rings. The van der Waals surface area contributed by atoms with Crippen molar-refractivity contribution in [2.45, 2.75) is 18.9 Å². The van der Waals surface area contributed by atoms with Gasteiger partial charge in [0.2, 0.25) is 10.0 Å². The molecule has 9 nitrogen and oxygen atoms in total. The Hall–Kier alpha value is -1.59. The van der Waals surface area contributed by atoms with Gasteiger partial charge in [-0.25, -0.2) is 12.7 Å². The Balaban J connectivity index is 1.48. The van der Waals surface area contributed by atoms with Crippen molar-refractivity contribution in [3.05, 3.63) is 22.7 Å². The van der Waals surface area contributed by atoms with Gasteiger partial charge in [-0.05, 0) is 24.8 Å². The molecule has 174 valence electrons. The van der Waals surface area contributed by atoms with Gasteiger partial charge in [0.25, 0.3) is 5.91 Å². The van der Waals surface area contributed by atoms with Crippen molar-refractivity contribution in [3.8, 4) is 5.75 Å². The summed E-state index contributed by atoms with van der Waals surface area (Å²) in [5, 5.41) is 3.19. The lowest BCUT2D eigenvalue weighted by atomic mass is 9.97. The monoisotopic (exact) mass is 474 g/mol. The third-order valence-corrected chi connectivity index (χ3v) is 7.47. The first-order valence-electron chi connectivity index (χ1n) is 10.4. The number of nitrogens with zero attached hydrogens (tertiary/aromatic N) is 2. The second-order valence-electron chi connectivity index (χ2n) is 8.14. The molecule has 11 heteroatoms. The predicted octanol–water partition coefficient (Wildman–Crippen LogP) is 1.03. The molecular weight excluding hydrogens is 444 g/mol. The Labute approximate surface area is 188 Å². The largest absolute Gasteiger partial charge is 0.496 e. The number of anilines is 1. The molecule has 2 aliphatic heterocycles. The van der Waals surface area contributed by atoms with E-state index in [0.717, 1.165) is 25.9 Å². The fraction of sp³-hybridized carbons (Fsp3) is 0.650. The fourth-order valence-electron chi connectivity index (χ4n) is 4.08. The van der Waals surface area contributed by atoms with Crippen LogP contribution in [0.25, 0.3) is 0 Å². The van der Waals surface area contributed by atoms with E-state index in [0.29, 0.717) is 60.7 Å². The molecule has 31 heavy (non-hydrogen) atoms. The summed E-state index contributed by atoms with van der Waals surface area (Å²) in [4.78, 5) is 15.0. The molecule has 0 radical (unpaired) electrons. The van der Waals surface area contributed by atoms with Crippen LogP contribution in [-0.4, -0.2) is 88.9 Å². The first-order chi connectivity index (χ1) is 14.7. The molecule has 0 spiro atoms. The zero-order valence-corrected chi connectivity index (χ0v) is 19.5. The number of hydrogen-bond donors (Lipinski definition) is 2. The SMILES string of the molecule is COc1cc(N)c(Cl)cc1C(=O)NCC1CN(CC2CCN(S(C)(=O)=O)CC2)CCO1. The lowest BCUT2D eigenvalue weighted by Crippen LogP contribution is -2.49. The maximum Gasteiger partial charge on any atom is 0.255 e. The van der Waals surface area contributed by atoms with E-state index in [1.165, 1.54) is 25.5 Å². The van der Waals surface area contributed by atoms with Crippen molar-refractivity contribution >= 4 is 33.2 Å². The minimum Gasteiger partial charge on any atom is -0.496 e. The highest BCUT2D eigenvalue weighted by Crippen LogP contribution is 2.28. The number of methoxy groups -OCH3 is 1. The number of benzene rings is 1. The minimum absolute atomic E-state index is 0.121. The minimum atomic E-state index is -3.10. The van der Waals surface area contributed by atoms with Gasteiger partial charge in [0.15, 0.2) is 0 Å². The normalized spacial score (nSPS) is 21.7. The van der Waals surface area contributed by atoms with E-state index in [1.54, 1.807) is 4.31 Å². The molecule has 2 fully saturated rings. The molecule has 0 bridgehead atoms. The summed E-state index contributed by atoms with van der Waals surface area (Å²) in [6.45, 7) is 4.59. The Morgan fingerprint density at radius 1 is 1.32 bits per heavy atom. The van der Waals surface area contributed by atoms with Crippen molar-refractivity contribution in [1.82, 2.24) is 14.5 Å². The molecule has 1 amide bonds. The van der Waals surface area contributed by atoms with Crippen LogP contribution in [-0.2, 0) is 14.8 Å². The number of halogens is 1. The summed E-state index contributed by atoms with van der Waals surface area (Å²) in [5.74, 6) is 0.533. The molecular formula is C20H31ClN4O5S. The molecule has 2 aliphatic rings. The molecule has 0 saturated carbocycles. The van der Waals surface area contributed by atoms with Crippen molar-refractivity contribution in [3.63, 3.8) is 0 Å². The quantitative estimate of drug-likeness (QED) is 0.567. The third-order valence-electron chi connectivity index (χ3n) is 5.84. The summed E-state index contributed by atoms with van der Waals surface area (Å²) >= 11 is 6.05. The Morgan fingerprint density at radius 3 is 2.68 bits per heavy atom. The van der Waals surface area contributed by atoms with Crippen LogP contribution in [0.1, 0.15) is 23.2 Å². The van der Waals surface area contributed by atoms with E-state index in [9.17, 15) is 13.2 Å². The lowest BCUT2D eigenvalue weighted by molar-refractivity contribution is -0.0327. The van der Waals surface area contributed by atoms with Crippen LogP contribution in [0.3, 0.4) is 0 Å². The van der Waals surface area contributed by atoms with Gasteiger partial charge in [-0.15, -0.1) is 0 Å². The number of nitrogen functional groups attached to an aromatic ring is 1. The number of ether oxygens (including phenoxy) is 2. The Bertz CT molecular complexity index is 890. The predicted molar refractivity (Wildman–Crippen MR) is 120 cm³/mol. The number of morpholine rings is 1. The van der Waals surface area contributed by atoms with Crippen LogP contribution in [0.5, 0.6) is 5.75 Å². The van der Waals surface area contributed by atoms with Crippen molar-refractivity contribution in [2.75, 3.05) is 65.0 Å². The molecule has 0 aliphatic carbocycles. The molecule has 1 unspecified atom stereocenters. The zero-order valence-electron chi connectivity index (χ0n) is 18.0. The fourth-order valence-corrected chi connectivity index (χ4v) is 5.11. The highest BCUT2D eigenvalue weighted by atomic mass is 35.5. The number of hydrogen-bond acceptors (Lipinski definition) is 7. The van der Waals surface area contributed by atoms with Crippen LogP contribution in [0.4, 0.5) is 5.69 Å². The number of carbonyl (C=O) groups is 1. The van der Waals surface area contributed by atoms with Crippen molar-refractivity contribution in [1.29, 1.82) is 0 Å². The Morgan fingerprint density at radius 2 is 2.03 bits per heavy atom. The van der Waals surface area contributed by atoms with E-state index in [2.05, 4.69) is 10.2 Å². The average Bonchev–Trinajstić information content (AvgIpc) is 2.73. The van der Waals surface area contributed by atoms with Gasteiger partial charge < -0.3 is 20.5 Å². The van der Waals surface area contributed by atoms with Crippen LogP contribution < -0.4 is 15.8 Å². The number of piperidine rings is 1. The van der Waals surface area contributed by atoms with Gasteiger partial charge in [0.1, 0.15) is 5.75 Å². The van der Waals surface area contributed by atoms with E-state index >= 15 is 0 Å². The van der Waals surface area contributed by atoms with E-state index < -0.39 is 10.0 Å². The van der Waals surface area contributed by atoms with Gasteiger partial charge in [-0.3, -0.25) is 9.69 Å². The summed E-state index contributed by atoms with van der Waals surface area (Å²) in [6.07, 6.45) is 2.87. The topological polar surface area (TPSA) is 114 Å². The number of nitrogens with one attached hydrogen (secondary N) is 1. The van der Waals surface area contributed by atoms with Crippen molar-refractivity contribution in [2.24, 2.45) is 5.92 Å². The number of amides is 1. The van der Waals surface area contributed by atoms with Gasteiger partial charge in [0, 0.05) is 45.3 Å². The van der Waals surface area contributed by atoms with Crippen LogP contribution in [0, 0.1) is 5.92 Å². The number of carbonyl (C=O) groups excluding carboxylic acids is 1. The molecule has 3 N–H and O–H groups in total. The summed E-state index contributed by atoms with van der Waals surface area (Å²) in [5.41, 5.74) is 6.45. The second-order valence-corrected chi connectivity index (χ2v) is 10.5. The molecule has 2 heterocycles. The zero-order chi connectivity index (χ0) is 22.6. The average molecular weight is 475 g/mol. The third kappa shape index (κ3) is 6.45. The van der Waals surface area contributed by atoms with Crippen molar-refractivity contribution < 1.29 is 22.7 Å². The van der Waals surface area contributed by atoms with Gasteiger partial charge >= 0.3 is 0 Å². The first-order valence-corrected chi connectivity index (χ1v) is 12.6. The van der Waals surface area contributed by atoms with E-state index in [-0.39, 0.29) is 12.0 Å². The molecule has 1 atom stereocenters. The number of rotatable bonds is 7. The van der Waals surface area contributed by atoms with Crippen LogP contribution in [0.2, 0.25) is 5.02 Å². The maximum atomic E-state index is 12.6. The van der Waals surface area contributed by atoms with Crippen LogP contribution in [0.15, 0.2) is 12.1 Å². The Kier molecular flexibility index (Phi) is 8.03. The first kappa shape index (κ1) is 24.1. The number of sulfonamides is 1.